The van der Waals surface area contributed by atoms with Crippen LogP contribution < -0.4 is 5.73 Å². The van der Waals surface area contributed by atoms with Crippen LogP contribution in [0.5, 0.6) is 0 Å². The normalized spacial score (nSPS) is 15.1. The van der Waals surface area contributed by atoms with Crippen LogP contribution in [0, 0.1) is 0 Å². The largest absolute Gasteiger partial charge is 0.383 e. The van der Waals surface area contributed by atoms with Gasteiger partial charge in [-0.25, -0.2) is 4.98 Å². The van der Waals surface area contributed by atoms with E-state index in [2.05, 4.69) is 40.7 Å². The molecule has 0 unspecified atom stereocenters. The maximum Gasteiger partial charge on any atom is 0.131 e. The quantitative estimate of drug-likeness (QED) is 0.875. The number of rotatable bonds is 3. The average Bonchev–Trinajstić information content (AvgIpc) is 3.13. The Kier molecular flexibility index (Phi) is 2.39. The summed E-state index contributed by atoms with van der Waals surface area (Å²) in [5, 5.41) is 0. The molecule has 2 N–H and O–H groups in total. The van der Waals surface area contributed by atoms with E-state index >= 15 is 0 Å². The van der Waals surface area contributed by atoms with Gasteiger partial charge in [0.25, 0.3) is 0 Å². The highest BCUT2D eigenvalue weighted by atomic mass is 15.2. The van der Waals surface area contributed by atoms with Crippen LogP contribution in [0.25, 0.3) is 11.3 Å². The van der Waals surface area contributed by atoms with Gasteiger partial charge in [0.2, 0.25) is 0 Å². The summed E-state index contributed by atoms with van der Waals surface area (Å²) in [6, 6.07) is 9.09. The van der Waals surface area contributed by atoms with Crippen LogP contribution >= 0.6 is 0 Å². The number of imidazole rings is 1. The maximum atomic E-state index is 6.15. The SMILES string of the molecule is CCc1ccc(-c2ncn(C3CC3)c2N)cc1. The van der Waals surface area contributed by atoms with Gasteiger partial charge in [-0.2, -0.15) is 0 Å². The van der Waals surface area contributed by atoms with Gasteiger partial charge < -0.3 is 10.3 Å². The highest BCUT2D eigenvalue weighted by molar-refractivity contribution is 5.70. The molecular formula is C14H17N3. The van der Waals surface area contributed by atoms with Crippen molar-refractivity contribution in [3.63, 3.8) is 0 Å². The minimum absolute atomic E-state index is 0.589. The van der Waals surface area contributed by atoms with E-state index < -0.39 is 0 Å². The molecule has 2 aromatic rings. The Hall–Kier alpha value is -1.77. The van der Waals surface area contributed by atoms with Crippen molar-refractivity contribution >= 4 is 5.82 Å². The van der Waals surface area contributed by atoms with E-state index in [9.17, 15) is 0 Å². The fraction of sp³-hybridized carbons (Fsp3) is 0.357. The molecule has 17 heavy (non-hydrogen) atoms. The second kappa shape index (κ2) is 3.91. The Labute approximate surface area is 101 Å². The van der Waals surface area contributed by atoms with Crippen LogP contribution in [-0.2, 0) is 6.42 Å². The zero-order valence-electron chi connectivity index (χ0n) is 10.1. The number of nitrogens with zero attached hydrogens (tertiary/aromatic N) is 2. The molecule has 0 radical (unpaired) electrons. The van der Waals surface area contributed by atoms with Crippen LogP contribution in [0.4, 0.5) is 5.82 Å². The lowest BCUT2D eigenvalue weighted by molar-refractivity contribution is 0.751. The monoisotopic (exact) mass is 227 g/mol. The zero-order valence-corrected chi connectivity index (χ0v) is 10.1. The Balaban J connectivity index is 1.96. The Bertz CT molecular complexity index is 521. The summed E-state index contributed by atoms with van der Waals surface area (Å²) in [6.45, 7) is 2.16. The summed E-state index contributed by atoms with van der Waals surface area (Å²) in [4.78, 5) is 4.44. The predicted octanol–water partition coefficient (Wildman–Crippen LogP) is 3.03. The molecule has 3 heteroatoms. The third kappa shape index (κ3) is 1.82. The smallest absolute Gasteiger partial charge is 0.131 e. The summed E-state index contributed by atoms with van der Waals surface area (Å²) in [6.07, 6.45) is 5.39. The number of hydrogen-bond donors (Lipinski definition) is 1. The van der Waals surface area contributed by atoms with Gasteiger partial charge in [0.1, 0.15) is 11.5 Å². The minimum Gasteiger partial charge on any atom is -0.383 e. The van der Waals surface area contributed by atoms with Crippen molar-refractivity contribution in [1.29, 1.82) is 0 Å². The first-order chi connectivity index (χ1) is 8.29. The van der Waals surface area contributed by atoms with E-state index in [1.165, 1.54) is 18.4 Å². The minimum atomic E-state index is 0.589. The molecule has 0 spiro atoms. The van der Waals surface area contributed by atoms with Crippen LogP contribution in [-0.4, -0.2) is 9.55 Å². The zero-order chi connectivity index (χ0) is 11.8. The van der Waals surface area contributed by atoms with Gasteiger partial charge in [-0.05, 0) is 24.8 Å². The standard InChI is InChI=1S/C14H17N3/c1-2-10-3-5-11(6-4-10)13-14(15)17(9-16-13)12-7-8-12/h3-6,9,12H,2,7-8,15H2,1H3. The summed E-state index contributed by atoms with van der Waals surface area (Å²) >= 11 is 0. The second-order valence-electron chi connectivity index (χ2n) is 4.67. The third-order valence-corrected chi connectivity index (χ3v) is 3.41. The number of nitrogens with two attached hydrogens (primary N) is 1. The van der Waals surface area contributed by atoms with E-state index in [0.717, 1.165) is 23.5 Å². The van der Waals surface area contributed by atoms with Gasteiger partial charge in [0, 0.05) is 11.6 Å². The molecule has 1 aromatic carbocycles. The fourth-order valence-corrected chi connectivity index (χ4v) is 2.13. The predicted molar refractivity (Wildman–Crippen MR) is 69.7 cm³/mol. The van der Waals surface area contributed by atoms with Crippen molar-refractivity contribution in [2.24, 2.45) is 0 Å². The molecule has 0 bridgehead atoms. The van der Waals surface area contributed by atoms with Crippen molar-refractivity contribution < 1.29 is 0 Å². The summed E-state index contributed by atoms with van der Waals surface area (Å²) in [7, 11) is 0. The Morgan fingerprint density at radius 2 is 2.00 bits per heavy atom. The van der Waals surface area contributed by atoms with Gasteiger partial charge in [0.15, 0.2) is 0 Å². The van der Waals surface area contributed by atoms with E-state index in [1.54, 1.807) is 0 Å². The topological polar surface area (TPSA) is 43.8 Å². The van der Waals surface area contributed by atoms with Crippen molar-refractivity contribution in [2.45, 2.75) is 32.2 Å². The third-order valence-electron chi connectivity index (χ3n) is 3.41. The summed E-state index contributed by atoms with van der Waals surface area (Å²) < 4.78 is 2.10. The molecule has 1 heterocycles. The Morgan fingerprint density at radius 1 is 1.29 bits per heavy atom. The summed E-state index contributed by atoms with van der Waals surface area (Å²) in [5.74, 6) is 0.803. The highest BCUT2D eigenvalue weighted by Crippen LogP contribution is 2.39. The lowest BCUT2D eigenvalue weighted by atomic mass is 10.1. The van der Waals surface area contributed by atoms with Crippen LogP contribution in [0.2, 0.25) is 0 Å². The van der Waals surface area contributed by atoms with Crippen LogP contribution in [0.3, 0.4) is 0 Å². The first kappa shape index (κ1) is 10.4. The first-order valence-electron chi connectivity index (χ1n) is 6.21. The molecule has 88 valence electrons. The first-order valence-corrected chi connectivity index (χ1v) is 6.21. The lowest BCUT2D eigenvalue weighted by Gasteiger charge is -2.04. The maximum absolute atomic E-state index is 6.15. The van der Waals surface area contributed by atoms with Crippen molar-refractivity contribution in [3.8, 4) is 11.3 Å². The molecule has 0 amide bonds. The van der Waals surface area contributed by atoms with Crippen LogP contribution in [0.15, 0.2) is 30.6 Å². The van der Waals surface area contributed by atoms with Crippen molar-refractivity contribution in [1.82, 2.24) is 9.55 Å². The molecule has 1 saturated carbocycles. The molecule has 0 aliphatic heterocycles. The molecule has 3 rings (SSSR count). The average molecular weight is 227 g/mol. The number of nitrogen functional groups attached to an aromatic ring is 1. The molecule has 1 aromatic heterocycles. The molecule has 1 fully saturated rings. The number of hydrogen-bond acceptors (Lipinski definition) is 2. The highest BCUT2D eigenvalue weighted by Gasteiger charge is 2.26. The molecule has 1 aliphatic carbocycles. The van der Waals surface area contributed by atoms with Gasteiger partial charge in [-0.3, -0.25) is 0 Å². The van der Waals surface area contributed by atoms with Crippen molar-refractivity contribution in [3.05, 3.63) is 36.2 Å². The van der Waals surface area contributed by atoms with Gasteiger partial charge >= 0.3 is 0 Å². The van der Waals surface area contributed by atoms with E-state index in [-0.39, 0.29) is 0 Å². The molecule has 0 atom stereocenters. The number of aromatic nitrogens is 2. The number of anilines is 1. The van der Waals surface area contributed by atoms with E-state index in [4.69, 9.17) is 5.73 Å². The van der Waals surface area contributed by atoms with E-state index in [0.29, 0.717) is 6.04 Å². The van der Waals surface area contributed by atoms with Crippen molar-refractivity contribution in [2.75, 3.05) is 5.73 Å². The number of benzene rings is 1. The Morgan fingerprint density at radius 3 is 2.59 bits per heavy atom. The van der Waals surface area contributed by atoms with Gasteiger partial charge in [-0.1, -0.05) is 31.2 Å². The fourth-order valence-electron chi connectivity index (χ4n) is 2.13. The molecule has 3 nitrogen and oxygen atoms in total. The molecular weight excluding hydrogens is 210 g/mol. The molecule has 1 aliphatic rings. The van der Waals surface area contributed by atoms with Gasteiger partial charge in [-0.15, -0.1) is 0 Å². The lowest BCUT2D eigenvalue weighted by Crippen LogP contribution is -1.99. The number of aryl methyl sites for hydroxylation is 1. The molecule has 0 saturated heterocycles. The van der Waals surface area contributed by atoms with Crippen LogP contribution in [0.1, 0.15) is 31.4 Å². The second-order valence-corrected chi connectivity index (χ2v) is 4.67. The summed E-state index contributed by atoms with van der Waals surface area (Å²) in [5.41, 5.74) is 9.52. The van der Waals surface area contributed by atoms with E-state index in [1.807, 2.05) is 6.33 Å². The van der Waals surface area contributed by atoms with Gasteiger partial charge in [0.05, 0.1) is 6.33 Å².